The summed E-state index contributed by atoms with van der Waals surface area (Å²) in [7, 11) is 0. The number of carbonyl (C=O) groups excluding carboxylic acids is 2. The summed E-state index contributed by atoms with van der Waals surface area (Å²) in [4.78, 5) is 40.6. The van der Waals surface area contributed by atoms with Gasteiger partial charge in [-0.2, -0.15) is 0 Å². The lowest BCUT2D eigenvalue weighted by atomic mass is 10.2. The number of rotatable bonds is 5. The molecule has 2 aromatic carbocycles. The van der Waals surface area contributed by atoms with Gasteiger partial charge in [0, 0.05) is 5.69 Å². The normalized spacial score (nSPS) is 11.8. The molecule has 1 N–H and O–H groups in total. The van der Waals surface area contributed by atoms with Gasteiger partial charge in [0.2, 0.25) is 0 Å². The quantitative estimate of drug-likeness (QED) is 0.696. The second-order valence-electron chi connectivity index (χ2n) is 5.82. The van der Waals surface area contributed by atoms with Crippen LogP contribution < -0.4 is 10.9 Å². The lowest BCUT2D eigenvalue weighted by Gasteiger charge is -2.14. The molecule has 0 spiro atoms. The van der Waals surface area contributed by atoms with Crippen LogP contribution >= 0.6 is 0 Å². The minimum absolute atomic E-state index is 0.370. The highest BCUT2D eigenvalue weighted by molar-refractivity contribution is 5.95. The number of esters is 1. The van der Waals surface area contributed by atoms with Crippen LogP contribution in [0, 0.1) is 5.82 Å². The number of anilines is 1. The summed E-state index contributed by atoms with van der Waals surface area (Å²) in [6.45, 7) is 1.03. The molecule has 0 aliphatic carbocycles. The van der Waals surface area contributed by atoms with Crippen molar-refractivity contribution in [1.29, 1.82) is 0 Å². The second-order valence-corrected chi connectivity index (χ2v) is 5.82. The van der Waals surface area contributed by atoms with Crippen molar-refractivity contribution < 1.29 is 18.7 Å². The van der Waals surface area contributed by atoms with Gasteiger partial charge >= 0.3 is 5.97 Å². The maximum absolute atomic E-state index is 12.9. The van der Waals surface area contributed by atoms with Crippen LogP contribution in [0.2, 0.25) is 0 Å². The number of halogens is 1. The van der Waals surface area contributed by atoms with Gasteiger partial charge in [-0.25, -0.2) is 9.37 Å². The molecule has 0 aliphatic rings. The second kappa shape index (κ2) is 7.77. The smallest absolute Gasteiger partial charge is 0.326 e. The number of benzene rings is 2. The van der Waals surface area contributed by atoms with E-state index in [1.165, 1.54) is 37.5 Å². The SMILES string of the molecule is C[C@@H](OC(=O)Cn1cnc2ccccc2c1=O)C(=O)Nc1ccc(F)cc1. The van der Waals surface area contributed by atoms with Crippen molar-refractivity contribution in [2.45, 2.75) is 19.6 Å². The van der Waals surface area contributed by atoms with Crippen LogP contribution in [0.3, 0.4) is 0 Å². The number of aromatic nitrogens is 2. The Morgan fingerprint density at radius 1 is 1.19 bits per heavy atom. The third kappa shape index (κ3) is 4.35. The zero-order chi connectivity index (χ0) is 19.4. The largest absolute Gasteiger partial charge is 0.451 e. The predicted octanol–water partition coefficient (Wildman–Crippen LogP) is 2.11. The highest BCUT2D eigenvalue weighted by Crippen LogP contribution is 2.09. The number of para-hydroxylation sites is 1. The fourth-order valence-electron chi connectivity index (χ4n) is 2.42. The number of hydrogen-bond donors (Lipinski definition) is 1. The first-order valence-electron chi connectivity index (χ1n) is 8.14. The third-order valence-corrected chi connectivity index (χ3v) is 3.82. The van der Waals surface area contributed by atoms with E-state index in [0.29, 0.717) is 16.6 Å². The minimum Gasteiger partial charge on any atom is -0.451 e. The third-order valence-electron chi connectivity index (χ3n) is 3.82. The molecule has 0 fully saturated rings. The van der Waals surface area contributed by atoms with Gasteiger partial charge in [-0.05, 0) is 43.3 Å². The standard InChI is InChI=1S/C19H16FN3O4/c1-12(18(25)22-14-8-6-13(20)7-9-14)27-17(24)10-23-11-21-16-5-3-2-4-15(16)19(23)26/h2-9,11-12H,10H2,1H3,(H,22,25)/t12-/m1/s1. The monoisotopic (exact) mass is 369 g/mol. The molecule has 0 unspecified atom stereocenters. The van der Waals surface area contributed by atoms with E-state index < -0.39 is 23.8 Å². The number of nitrogens with zero attached hydrogens (tertiary/aromatic N) is 2. The average molecular weight is 369 g/mol. The van der Waals surface area contributed by atoms with E-state index in [1.54, 1.807) is 24.3 Å². The first-order chi connectivity index (χ1) is 12.9. The lowest BCUT2D eigenvalue weighted by Crippen LogP contribution is -2.33. The van der Waals surface area contributed by atoms with Gasteiger partial charge < -0.3 is 10.1 Å². The van der Waals surface area contributed by atoms with E-state index in [-0.39, 0.29) is 12.1 Å². The molecule has 7 nitrogen and oxygen atoms in total. The molecular formula is C19H16FN3O4. The van der Waals surface area contributed by atoms with Crippen LogP contribution in [-0.4, -0.2) is 27.5 Å². The molecule has 3 aromatic rings. The Balaban J connectivity index is 1.63. The molecule has 1 atom stereocenters. The molecule has 3 rings (SSSR count). The number of amides is 1. The molecule has 0 radical (unpaired) electrons. The van der Waals surface area contributed by atoms with Gasteiger partial charge in [-0.15, -0.1) is 0 Å². The van der Waals surface area contributed by atoms with Crippen molar-refractivity contribution >= 4 is 28.5 Å². The van der Waals surface area contributed by atoms with Crippen molar-refractivity contribution in [3.8, 4) is 0 Å². The summed E-state index contributed by atoms with van der Waals surface area (Å²) in [5, 5.41) is 2.89. The first-order valence-corrected chi connectivity index (χ1v) is 8.14. The van der Waals surface area contributed by atoms with Gasteiger partial charge in [-0.1, -0.05) is 12.1 Å². The number of fused-ring (bicyclic) bond motifs is 1. The summed E-state index contributed by atoms with van der Waals surface area (Å²) in [6, 6.07) is 12.0. The average Bonchev–Trinajstić information content (AvgIpc) is 2.66. The van der Waals surface area contributed by atoms with Crippen molar-refractivity contribution in [3.63, 3.8) is 0 Å². The number of ether oxygens (including phenoxy) is 1. The van der Waals surface area contributed by atoms with Crippen LogP contribution in [0.25, 0.3) is 10.9 Å². The Bertz CT molecular complexity index is 1050. The van der Waals surface area contributed by atoms with E-state index in [4.69, 9.17) is 4.74 Å². The molecule has 0 bridgehead atoms. The van der Waals surface area contributed by atoms with Gasteiger partial charge in [-0.3, -0.25) is 19.0 Å². The van der Waals surface area contributed by atoms with E-state index >= 15 is 0 Å². The zero-order valence-electron chi connectivity index (χ0n) is 14.4. The van der Waals surface area contributed by atoms with E-state index in [1.807, 2.05) is 0 Å². The Kier molecular flexibility index (Phi) is 5.25. The maximum atomic E-state index is 12.9. The molecule has 138 valence electrons. The molecule has 1 aromatic heterocycles. The van der Waals surface area contributed by atoms with Crippen molar-refractivity contribution in [3.05, 3.63) is 71.0 Å². The van der Waals surface area contributed by atoms with Crippen molar-refractivity contribution in [2.24, 2.45) is 0 Å². The summed E-state index contributed by atoms with van der Waals surface area (Å²) >= 11 is 0. The molecule has 0 saturated carbocycles. The maximum Gasteiger partial charge on any atom is 0.326 e. The van der Waals surface area contributed by atoms with Gasteiger partial charge in [0.05, 0.1) is 17.2 Å². The Hall–Kier alpha value is -3.55. The Morgan fingerprint density at radius 3 is 2.63 bits per heavy atom. The summed E-state index contributed by atoms with van der Waals surface area (Å²) in [5.74, 6) is -1.75. The van der Waals surface area contributed by atoms with E-state index in [2.05, 4.69) is 10.3 Å². The van der Waals surface area contributed by atoms with Gasteiger partial charge in [0.25, 0.3) is 11.5 Å². The summed E-state index contributed by atoms with van der Waals surface area (Å²) < 4.78 is 19.1. The molecule has 1 heterocycles. The fraction of sp³-hybridized carbons (Fsp3) is 0.158. The first kappa shape index (κ1) is 18.2. The van der Waals surface area contributed by atoms with Crippen LogP contribution in [0.1, 0.15) is 6.92 Å². The number of carbonyl (C=O) groups is 2. The van der Waals surface area contributed by atoms with Crippen LogP contribution in [-0.2, 0) is 20.9 Å². The topological polar surface area (TPSA) is 90.3 Å². The Labute approximate surface area is 153 Å². The molecule has 1 amide bonds. The van der Waals surface area contributed by atoms with E-state index in [9.17, 15) is 18.8 Å². The van der Waals surface area contributed by atoms with Crippen molar-refractivity contribution in [1.82, 2.24) is 9.55 Å². The summed E-state index contributed by atoms with van der Waals surface area (Å²) in [5.41, 5.74) is 0.527. The molecular weight excluding hydrogens is 353 g/mol. The highest BCUT2D eigenvalue weighted by atomic mass is 19.1. The van der Waals surface area contributed by atoms with Crippen LogP contribution in [0.15, 0.2) is 59.7 Å². The van der Waals surface area contributed by atoms with Crippen molar-refractivity contribution in [2.75, 3.05) is 5.32 Å². The molecule has 8 heteroatoms. The minimum atomic E-state index is -1.09. The van der Waals surface area contributed by atoms with Gasteiger partial charge in [0.1, 0.15) is 12.4 Å². The highest BCUT2D eigenvalue weighted by Gasteiger charge is 2.19. The predicted molar refractivity (Wildman–Crippen MR) is 96.6 cm³/mol. The number of nitrogens with one attached hydrogen (secondary N) is 1. The van der Waals surface area contributed by atoms with Gasteiger partial charge in [0.15, 0.2) is 6.10 Å². The summed E-state index contributed by atoms with van der Waals surface area (Å²) in [6.07, 6.45) is 0.168. The Morgan fingerprint density at radius 2 is 1.89 bits per heavy atom. The van der Waals surface area contributed by atoms with Crippen LogP contribution in [0.5, 0.6) is 0 Å². The molecule has 0 aliphatic heterocycles. The zero-order valence-corrected chi connectivity index (χ0v) is 14.4. The lowest BCUT2D eigenvalue weighted by molar-refractivity contribution is -0.153. The van der Waals surface area contributed by atoms with Crippen LogP contribution in [0.4, 0.5) is 10.1 Å². The fourth-order valence-corrected chi connectivity index (χ4v) is 2.42. The molecule has 0 saturated heterocycles. The van der Waals surface area contributed by atoms with E-state index in [0.717, 1.165) is 4.57 Å². The number of hydrogen-bond acceptors (Lipinski definition) is 5. The molecule has 27 heavy (non-hydrogen) atoms.